The van der Waals surface area contributed by atoms with E-state index in [1.165, 1.54) is 6.20 Å². The van der Waals surface area contributed by atoms with Crippen LogP contribution in [0.4, 0.5) is 10.1 Å². The fourth-order valence-electron chi connectivity index (χ4n) is 3.17. The molecule has 1 fully saturated rings. The van der Waals surface area contributed by atoms with Crippen LogP contribution in [-0.4, -0.2) is 29.3 Å². The van der Waals surface area contributed by atoms with Crippen molar-refractivity contribution < 1.29 is 9.50 Å². The Hall–Kier alpha value is -1.94. The minimum Gasteiger partial charge on any atom is -0.392 e. The zero-order chi connectivity index (χ0) is 15.4. The van der Waals surface area contributed by atoms with Crippen molar-refractivity contribution >= 4 is 5.69 Å². The topological polar surface area (TPSA) is 36.4 Å². The predicted octanol–water partition coefficient (Wildman–Crippen LogP) is 3.04. The zero-order valence-electron chi connectivity index (χ0n) is 12.5. The molecule has 2 heterocycles. The molecule has 1 atom stereocenters. The van der Waals surface area contributed by atoms with Gasteiger partial charge in [-0.05, 0) is 36.8 Å². The average molecular weight is 300 g/mol. The molecule has 1 N–H and O–H groups in total. The highest BCUT2D eigenvalue weighted by molar-refractivity contribution is 5.46. The van der Waals surface area contributed by atoms with Gasteiger partial charge in [-0.1, -0.05) is 30.3 Å². The number of aliphatic hydroxyl groups is 1. The number of nitrogens with zero attached hydrogens (tertiary/aromatic N) is 2. The molecule has 3 rings (SSSR count). The summed E-state index contributed by atoms with van der Waals surface area (Å²) in [5.41, 5.74) is 1.78. The highest BCUT2D eigenvalue weighted by Crippen LogP contribution is 2.27. The first-order chi connectivity index (χ1) is 10.7. The van der Waals surface area contributed by atoms with Gasteiger partial charge in [-0.25, -0.2) is 4.39 Å². The van der Waals surface area contributed by atoms with Gasteiger partial charge < -0.3 is 10.0 Å². The number of anilines is 1. The number of hydrogen-bond acceptors (Lipinski definition) is 3. The smallest absolute Gasteiger partial charge is 0.164 e. The Balaban J connectivity index is 1.56. The second-order valence-corrected chi connectivity index (χ2v) is 5.91. The highest BCUT2D eigenvalue weighted by Gasteiger charge is 2.26. The largest absolute Gasteiger partial charge is 0.392 e. The van der Waals surface area contributed by atoms with Crippen LogP contribution in [0.5, 0.6) is 0 Å². The summed E-state index contributed by atoms with van der Waals surface area (Å²) in [6, 6.07) is 11.8. The van der Waals surface area contributed by atoms with E-state index in [0.29, 0.717) is 12.1 Å². The lowest BCUT2D eigenvalue weighted by atomic mass is 9.88. The van der Waals surface area contributed by atoms with E-state index in [2.05, 4.69) is 4.98 Å². The van der Waals surface area contributed by atoms with Crippen LogP contribution in [0.1, 0.15) is 18.4 Å². The number of halogens is 1. The molecule has 0 bridgehead atoms. The van der Waals surface area contributed by atoms with Crippen LogP contribution in [-0.2, 0) is 6.42 Å². The number of aliphatic hydroxyl groups excluding tert-OH is 1. The third-order valence-corrected chi connectivity index (χ3v) is 4.46. The Labute approximate surface area is 130 Å². The van der Waals surface area contributed by atoms with E-state index in [0.717, 1.165) is 31.5 Å². The van der Waals surface area contributed by atoms with Gasteiger partial charge in [-0.15, -0.1) is 0 Å². The molecule has 1 aliphatic heterocycles. The van der Waals surface area contributed by atoms with Crippen molar-refractivity contribution in [2.24, 2.45) is 5.92 Å². The summed E-state index contributed by atoms with van der Waals surface area (Å²) >= 11 is 0. The number of pyridine rings is 1. The van der Waals surface area contributed by atoms with Gasteiger partial charge in [0.2, 0.25) is 0 Å². The van der Waals surface area contributed by atoms with E-state index in [1.807, 2.05) is 35.2 Å². The first kappa shape index (κ1) is 15.0. The van der Waals surface area contributed by atoms with Gasteiger partial charge in [0.25, 0.3) is 0 Å². The Morgan fingerprint density at radius 2 is 1.91 bits per heavy atom. The molecule has 1 aromatic heterocycles. The van der Waals surface area contributed by atoms with Gasteiger partial charge in [0.1, 0.15) is 0 Å². The van der Waals surface area contributed by atoms with Gasteiger partial charge in [-0.2, -0.15) is 0 Å². The summed E-state index contributed by atoms with van der Waals surface area (Å²) in [4.78, 5) is 5.83. The summed E-state index contributed by atoms with van der Waals surface area (Å²) in [6.07, 6.45) is 5.01. The van der Waals surface area contributed by atoms with E-state index in [1.54, 1.807) is 12.3 Å². The molecule has 0 saturated carbocycles. The van der Waals surface area contributed by atoms with Gasteiger partial charge >= 0.3 is 0 Å². The minimum absolute atomic E-state index is 0.272. The molecule has 2 aromatic rings. The fourth-order valence-corrected chi connectivity index (χ4v) is 3.17. The summed E-state index contributed by atoms with van der Waals surface area (Å²) < 4.78 is 13.8. The number of piperidine rings is 1. The monoisotopic (exact) mass is 300 g/mol. The summed E-state index contributed by atoms with van der Waals surface area (Å²) in [6.45, 7) is 1.55. The van der Waals surface area contributed by atoms with Gasteiger partial charge in [0.15, 0.2) is 5.82 Å². The molecule has 1 aromatic carbocycles. The lowest BCUT2D eigenvalue weighted by Crippen LogP contribution is -2.38. The van der Waals surface area contributed by atoms with Crippen LogP contribution >= 0.6 is 0 Å². The number of aromatic nitrogens is 1. The van der Waals surface area contributed by atoms with Crippen molar-refractivity contribution in [3.05, 3.63) is 60.2 Å². The lowest BCUT2D eigenvalue weighted by molar-refractivity contribution is 0.0929. The minimum atomic E-state index is -0.327. The number of hydrogen-bond donors (Lipinski definition) is 1. The number of benzene rings is 1. The molecule has 0 spiro atoms. The van der Waals surface area contributed by atoms with Crippen molar-refractivity contribution in [3.63, 3.8) is 0 Å². The molecule has 0 aliphatic carbocycles. The normalized spacial score (nSPS) is 17.5. The van der Waals surface area contributed by atoms with E-state index >= 15 is 0 Å². The van der Waals surface area contributed by atoms with Gasteiger partial charge in [0, 0.05) is 19.3 Å². The molecule has 1 saturated heterocycles. The summed E-state index contributed by atoms with van der Waals surface area (Å²) in [7, 11) is 0. The van der Waals surface area contributed by atoms with Crippen LogP contribution in [0, 0.1) is 11.7 Å². The lowest BCUT2D eigenvalue weighted by Gasteiger charge is -2.35. The quantitative estimate of drug-likeness (QED) is 0.943. The number of rotatable bonds is 4. The van der Waals surface area contributed by atoms with Crippen LogP contribution in [0.25, 0.3) is 0 Å². The fraction of sp³-hybridized carbons (Fsp3) is 0.389. The van der Waals surface area contributed by atoms with Crippen LogP contribution in [0.2, 0.25) is 0 Å². The Bertz CT molecular complexity index is 597. The molecule has 116 valence electrons. The Kier molecular flexibility index (Phi) is 4.68. The molecule has 1 unspecified atom stereocenters. The van der Waals surface area contributed by atoms with Crippen molar-refractivity contribution in [2.75, 3.05) is 18.0 Å². The van der Waals surface area contributed by atoms with Gasteiger partial charge in [0.05, 0.1) is 18.0 Å². The second kappa shape index (κ2) is 6.88. The van der Waals surface area contributed by atoms with E-state index in [4.69, 9.17) is 0 Å². The molecule has 0 amide bonds. The highest BCUT2D eigenvalue weighted by atomic mass is 19.1. The Morgan fingerprint density at radius 3 is 2.59 bits per heavy atom. The SMILES string of the molecule is OC(Cc1ccccc1)C1CCN(c2ccncc2F)CC1. The van der Waals surface area contributed by atoms with E-state index in [9.17, 15) is 9.50 Å². The van der Waals surface area contributed by atoms with Crippen molar-refractivity contribution in [3.8, 4) is 0 Å². The first-order valence-corrected chi connectivity index (χ1v) is 7.80. The molecule has 0 radical (unpaired) electrons. The van der Waals surface area contributed by atoms with Crippen molar-refractivity contribution in [2.45, 2.75) is 25.4 Å². The molecular formula is C18H21FN2O. The molecule has 22 heavy (non-hydrogen) atoms. The molecule has 3 nitrogen and oxygen atoms in total. The maximum atomic E-state index is 13.8. The third kappa shape index (κ3) is 3.45. The summed E-state index contributed by atoms with van der Waals surface area (Å²) in [5, 5.41) is 10.4. The third-order valence-electron chi connectivity index (χ3n) is 4.46. The Morgan fingerprint density at radius 1 is 1.18 bits per heavy atom. The maximum absolute atomic E-state index is 13.8. The van der Waals surface area contributed by atoms with E-state index in [-0.39, 0.29) is 17.8 Å². The average Bonchev–Trinajstić information content (AvgIpc) is 2.56. The second-order valence-electron chi connectivity index (χ2n) is 5.91. The molecule has 1 aliphatic rings. The van der Waals surface area contributed by atoms with Gasteiger partial charge in [-0.3, -0.25) is 4.98 Å². The summed E-state index contributed by atoms with van der Waals surface area (Å²) in [5.74, 6) is 0.00661. The van der Waals surface area contributed by atoms with Crippen LogP contribution in [0.15, 0.2) is 48.8 Å². The molecular weight excluding hydrogens is 279 g/mol. The van der Waals surface area contributed by atoms with E-state index < -0.39 is 0 Å². The predicted molar refractivity (Wildman–Crippen MR) is 85.3 cm³/mol. The standard InChI is InChI=1S/C18H21FN2O/c19-16-13-20-9-6-17(16)21-10-7-15(8-11-21)18(22)12-14-4-2-1-3-5-14/h1-6,9,13,15,18,22H,7-8,10-12H2. The maximum Gasteiger partial charge on any atom is 0.164 e. The zero-order valence-corrected chi connectivity index (χ0v) is 12.5. The van der Waals surface area contributed by atoms with Crippen molar-refractivity contribution in [1.82, 2.24) is 4.98 Å². The van der Waals surface area contributed by atoms with Crippen molar-refractivity contribution in [1.29, 1.82) is 0 Å². The molecule has 4 heteroatoms. The van der Waals surface area contributed by atoms with Crippen LogP contribution < -0.4 is 4.90 Å². The van der Waals surface area contributed by atoms with Crippen LogP contribution in [0.3, 0.4) is 0 Å². The first-order valence-electron chi connectivity index (χ1n) is 7.80.